The molecule has 7 nitrogen and oxygen atoms in total. The molecule has 174 valence electrons. The monoisotopic (exact) mass is 449 g/mol. The summed E-state index contributed by atoms with van der Waals surface area (Å²) in [7, 11) is 1.40. The van der Waals surface area contributed by atoms with E-state index in [1.807, 2.05) is 48.5 Å². The van der Waals surface area contributed by atoms with E-state index >= 15 is 0 Å². The fourth-order valence-corrected chi connectivity index (χ4v) is 4.58. The molecule has 0 radical (unpaired) electrons. The summed E-state index contributed by atoms with van der Waals surface area (Å²) < 4.78 is 10.5. The Bertz CT molecular complexity index is 1110. The van der Waals surface area contributed by atoms with Crippen molar-refractivity contribution >= 4 is 23.0 Å². The summed E-state index contributed by atoms with van der Waals surface area (Å²) in [6.45, 7) is 4.41. The standard InChI is InChI=1S/C26H31N3O4/c1-16(2)13-21(29-26(31)33-15-17-9-5-4-6-10-17)24-23-19(14-22(28-24)25(30)32-3)18-11-7-8-12-20(18)27-23/h4-12,16,21-22,24,27-28H,13-15H2,1-3H3,(H,29,31)/t21-,22-,24+/m0/s1. The quantitative estimate of drug-likeness (QED) is 0.469. The molecule has 3 aromatic rings. The summed E-state index contributed by atoms with van der Waals surface area (Å²) in [5.41, 5.74) is 4.01. The van der Waals surface area contributed by atoms with Gasteiger partial charge in [0.05, 0.1) is 19.2 Å². The zero-order valence-corrected chi connectivity index (χ0v) is 19.3. The van der Waals surface area contributed by atoms with Crippen LogP contribution in [-0.2, 0) is 27.3 Å². The maximum atomic E-state index is 12.7. The van der Waals surface area contributed by atoms with Crippen molar-refractivity contribution in [2.75, 3.05) is 7.11 Å². The number of methoxy groups -OCH3 is 1. The molecule has 2 heterocycles. The number of H-pyrrole nitrogens is 1. The number of hydrogen-bond acceptors (Lipinski definition) is 5. The van der Waals surface area contributed by atoms with Gasteiger partial charge < -0.3 is 19.8 Å². The van der Waals surface area contributed by atoms with Crippen molar-refractivity contribution in [2.45, 2.75) is 51.4 Å². The van der Waals surface area contributed by atoms with Gasteiger partial charge in [-0.15, -0.1) is 0 Å². The first-order chi connectivity index (χ1) is 16.0. The number of benzene rings is 2. The van der Waals surface area contributed by atoms with Crippen LogP contribution in [0, 0.1) is 5.92 Å². The smallest absolute Gasteiger partial charge is 0.407 e. The van der Waals surface area contributed by atoms with Gasteiger partial charge in [-0.2, -0.15) is 0 Å². The molecule has 0 aliphatic carbocycles. The van der Waals surface area contributed by atoms with E-state index in [4.69, 9.17) is 9.47 Å². The summed E-state index contributed by atoms with van der Waals surface area (Å²) in [6, 6.07) is 16.6. The Morgan fingerprint density at radius 2 is 1.82 bits per heavy atom. The minimum absolute atomic E-state index is 0.196. The second-order valence-corrected chi connectivity index (χ2v) is 8.93. The van der Waals surface area contributed by atoms with E-state index in [1.165, 1.54) is 7.11 Å². The van der Waals surface area contributed by atoms with Crippen molar-refractivity contribution in [1.82, 2.24) is 15.6 Å². The molecule has 7 heteroatoms. The van der Waals surface area contributed by atoms with Gasteiger partial charge >= 0.3 is 12.1 Å². The summed E-state index contributed by atoms with van der Waals surface area (Å²) in [5.74, 6) is 0.00318. The Kier molecular flexibility index (Phi) is 6.99. The Hall–Kier alpha value is -3.32. The van der Waals surface area contributed by atoms with Gasteiger partial charge in [0.1, 0.15) is 12.6 Å². The average molecular weight is 450 g/mol. The van der Waals surface area contributed by atoms with Crippen LogP contribution in [0.25, 0.3) is 10.9 Å². The van der Waals surface area contributed by atoms with E-state index in [0.717, 1.165) is 27.7 Å². The number of amides is 1. The van der Waals surface area contributed by atoms with Gasteiger partial charge in [-0.1, -0.05) is 62.4 Å². The average Bonchev–Trinajstić information content (AvgIpc) is 3.20. The van der Waals surface area contributed by atoms with Crippen molar-refractivity contribution in [1.29, 1.82) is 0 Å². The molecule has 4 rings (SSSR count). The maximum Gasteiger partial charge on any atom is 0.407 e. The molecule has 3 atom stereocenters. The van der Waals surface area contributed by atoms with E-state index in [9.17, 15) is 9.59 Å². The number of aromatic amines is 1. The van der Waals surface area contributed by atoms with Crippen LogP contribution in [0.3, 0.4) is 0 Å². The fourth-order valence-electron chi connectivity index (χ4n) is 4.58. The Morgan fingerprint density at radius 3 is 2.55 bits per heavy atom. The van der Waals surface area contributed by atoms with Crippen LogP contribution in [0.1, 0.15) is 43.1 Å². The number of esters is 1. The van der Waals surface area contributed by atoms with Crippen molar-refractivity contribution in [3.05, 3.63) is 71.4 Å². The number of carbonyl (C=O) groups is 2. The third-order valence-electron chi connectivity index (χ3n) is 6.08. The first kappa shape index (κ1) is 22.9. The van der Waals surface area contributed by atoms with Gasteiger partial charge in [-0.3, -0.25) is 10.1 Å². The van der Waals surface area contributed by atoms with Crippen LogP contribution < -0.4 is 10.6 Å². The van der Waals surface area contributed by atoms with Crippen molar-refractivity contribution in [3.63, 3.8) is 0 Å². The van der Waals surface area contributed by atoms with Crippen molar-refractivity contribution < 1.29 is 19.1 Å². The highest BCUT2D eigenvalue weighted by Gasteiger charge is 2.38. The minimum atomic E-state index is -0.497. The number of nitrogens with one attached hydrogen (secondary N) is 3. The lowest BCUT2D eigenvalue weighted by atomic mass is 9.87. The van der Waals surface area contributed by atoms with E-state index in [1.54, 1.807) is 0 Å². The topological polar surface area (TPSA) is 92.5 Å². The van der Waals surface area contributed by atoms with Gasteiger partial charge in [0, 0.05) is 23.0 Å². The highest BCUT2D eigenvalue weighted by atomic mass is 16.5. The molecule has 1 aliphatic heterocycles. The maximum absolute atomic E-state index is 12.7. The van der Waals surface area contributed by atoms with Crippen molar-refractivity contribution in [3.8, 4) is 0 Å². The molecule has 0 saturated heterocycles. The van der Waals surface area contributed by atoms with E-state index in [2.05, 4.69) is 35.5 Å². The summed E-state index contributed by atoms with van der Waals surface area (Å²) in [5, 5.41) is 7.57. The lowest BCUT2D eigenvalue weighted by molar-refractivity contribution is -0.143. The molecule has 1 aromatic heterocycles. The number of para-hydroxylation sites is 1. The Labute approximate surface area is 193 Å². The van der Waals surface area contributed by atoms with Crippen LogP contribution in [0.5, 0.6) is 0 Å². The number of alkyl carbamates (subject to hydrolysis) is 1. The van der Waals surface area contributed by atoms with Gasteiger partial charge in [-0.05, 0) is 29.5 Å². The summed E-state index contributed by atoms with van der Waals surface area (Å²) >= 11 is 0. The molecule has 2 aromatic carbocycles. The molecule has 1 aliphatic rings. The van der Waals surface area contributed by atoms with Gasteiger partial charge in [0.15, 0.2) is 0 Å². The molecule has 1 amide bonds. The minimum Gasteiger partial charge on any atom is -0.468 e. The highest BCUT2D eigenvalue weighted by molar-refractivity contribution is 5.87. The number of fused-ring (bicyclic) bond motifs is 3. The highest BCUT2D eigenvalue weighted by Crippen LogP contribution is 2.35. The first-order valence-corrected chi connectivity index (χ1v) is 11.4. The van der Waals surface area contributed by atoms with E-state index < -0.39 is 12.1 Å². The zero-order valence-electron chi connectivity index (χ0n) is 19.3. The van der Waals surface area contributed by atoms with Crippen LogP contribution in [0.2, 0.25) is 0 Å². The molecule has 0 bridgehead atoms. The molecule has 0 spiro atoms. The van der Waals surface area contributed by atoms with E-state index in [-0.39, 0.29) is 24.7 Å². The van der Waals surface area contributed by atoms with Crippen LogP contribution in [-0.4, -0.2) is 36.2 Å². The molecule has 3 N–H and O–H groups in total. The SMILES string of the molecule is COC(=O)[C@@H]1Cc2c([nH]c3ccccc23)[C@@H]([C@H](CC(C)C)NC(=O)OCc2ccccc2)N1. The molecule has 0 saturated carbocycles. The fraction of sp³-hybridized carbons (Fsp3) is 0.385. The van der Waals surface area contributed by atoms with Gasteiger partial charge in [0.25, 0.3) is 0 Å². The molecular weight excluding hydrogens is 418 g/mol. The largest absolute Gasteiger partial charge is 0.468 e. The predicted octanol–water partition coefficient (Wildman–Crippen LogP) is 4.24. The number of rotatable bonds is 7. The number of aromatic nitrogens is 1. The third-order valence-corrected chi connectivity index (χ3v) is 6.08. The molecule has 0 unspecified atom stereocenters. The van der Waals surface area contributed by atoms with E-state index in [0.29, 0.717) is 18.8 Å². The van der Waals surface area contributed by atoms with Gasteiger partial charge in [0.2, 0.25) is 0 Å². The first-order valence-electron chi connectivity index (χ1n) is 11.4. The predicted molar refractivity (Wildman–Crippen MR) is 127 cm³/mol. The molecule has 0 fully saturated rings. The van der Waals surface area contributed by atoms with Crippen LogP contribution in [0.15, 0.2) is 54.6 Å². The summed E-state index contributed by atoms with van der Waals surface area (Å²) in [6.07, 6.45) is 0.750. The van der Waals surface area contributed by atoms with Crippen LogP contribution in [0.4, 0.5) is 4.79 Å². The number of ether oxygens (including phenoxy) is 2. The molecule has 33 heavy (non-hydrogen) atoms. The second kappa shape index (κ2) is 10.1. The summed E-state index contributed by atoms with van der Waals surface area (Å²) in [4.78, 5) is 28.8. The number of carbonyl (C=O) groups excluding carboxylic acids is 2. The molecular formula is C26H31N3O4. The third kappa shape index (κ3) is 5.20. The second-order valence-electron chi connectivity index (χ2n) is 8.93. The Morgan fingerprint density at radius 1 is 1.09 bits per heavy atom. The normalized spacial score (nSPS) is 18.5. The lowest BCUT2D eigenvalue weighted by Crippen LogP contribution is -2.53. The Balaban J connectivity index is 1.61. The van der Waals surface area contributed by atoms with Crippen LogP contribution >= 0.6 is 0 Å². The lowest BCUT2D eigenvalue weighted by Gasteiger charge is -2.36. The zero-order chi connectivity index (χ0) is 23.4. The van der Waals surface area contributed by atoms with Crippen molar-refractivity contribution in [2.24, 2.45) is 5.92 Å². The number of hydrogen-bond donors (Lipinski definition) is 3. The van der Waals surface area contributed by atoms with Gasteiger partial charge in [-0.25, -0.2) is 4.79 Å².